The fourth-order valence-electron chi connectivity index (χ4n) is 3.43. The average molecular weight is 345 g/mol. The van der Waals surface area contributed by atoms with Crippen LogP contribution in [0.15, 0.2) is 30.5 Å². The molecule has 0 radical (unpaired) electrons. The number of carbonyl (C=O) groups is 2. The average Bonchev–Trinajstić information content (AvgIpc) is 3.10. The van der Waals surface area contributed by atoms with E-state index in [1.54, 1.807) is 0 Å². The van der Waals surface area contributed by atoms with Crippen LogP contribution in [0.1, 0.15) is 25.3 Å². The zero-order chi connectivity index (χ0) is 18.0. The lowest BCUT2D eigenvalue weighted by Gasteiger charge is -2.40. The minimum atomic E-state index is -0.833. The number of nitrogens with one attached hydrogen (secondary N) is 1. The van der Waals surface area contributed by atoms with Crippen LogP contribution in [-0.4, -0.2) is 51.8 Å². The number of aliphatic carboxylic acids is 1. The van der Waals surface area contributed by atoms with Crippen molar-refractivity contribution in [2.45, 2.75) is 44.3 Å². The molecule has 0 unspecified atom stereocenters. The van der Waals surface area contributed by atoms with E-state index in [-0.39, 0.29) is 24.2 Å². The third kappa shape index (κ3) is 3.93. The Morgan fingerprint density at radius 1 is 1.40 bits per heavy atom. The van der Waals surface area contributed by atoms with Gasteiger partial charge in [0.05, 0.1) is 6.04 Å². The van der Waals surface area contributed by atoms with Crippen LogP contribution in [-0.2, 0) is 16.0 Å². The number of fused-ring (bicyclic) bond motifs is 1. The maximum atomic E-state index is 11.9. The standard InChI is InChI=1S/C16H19N3O2.C2H4O2/c17-12-7-13(8-12)19-14(9-21-16(19)20)6-10-1-2-15-11(5-10)3-4-18-15;1-2(3)4/h1-5,12-14,18H,6-9,17H2;1H3,(H,3,4)/t12-,13-,14-;/m0./s1. The lowest BCUT2D eigenvalue weighted by molar-refractivity contribution is -0.134. The van der Waals surface area contributed by atoms with Crippen LogP contribution >= 0.6 is 0 Å². The number of H-pyrrole nitrogens is 1. The lowest BCUT2D eigenvalue weighted by Crippen LogP contribution is -2.54. The van der Waals surface area contributed by atoms with E-state index in [1.165, 1.54) is 10.9 Å². The Bertz CT molecular complexity index is 763. The number of amides is 1. The summed E-state index contributed by atoms with van der Waals surface area (Å²) in [6.45, 7) is 1.57. The van der Waals surface area contributed by atoms with Crippen molar-refractivity contribution in [1.29, 1.82) is 0 Å². The van der Waals surface area contributed by atoms with E-state index >= 15 is 0 Å². The van der Waals surface area contributed by atoms with Gasteiger partial charge in [-0.1, -0.05) is 6.07 Å². The Balaban J connectivity index is 0.000000415. The van der Waals surface area contributed by atoms with Crippen molar-refractivity contribution in [1.82, 2.24) is 9.88 Å². The number of rotatable bonds is 3. The van der Waals surface area contributed by atoms with E-state index in [1.807, 2.05) is 11.1 Å². The van der Waals surface area contributed by atoms with Gasteiger partial charge in [0.25, 0.3) is 5.97 Å². The fourth-order valence-corrected chi connectivity index (χ4v) is 3.43. The van der Waals surface area contributed by atoms with Gasteiger partial charge in [-0.25, -0.2) is 4.79 Å². The van der Waals surface area contributed by atoms with Crippen LogP contribution in [0.3, 0.4) is 0 Å². The molecule has 4 N–H and O–H groups in total. The number of benzene rings is 1. The maximum Gasteiger partial charge on any atom is 0.410 e. The SMILES string of the molecule is CC(=O)O.N[C@H]1C[C@H](N2C(=O)OC[C@@H]2Cc2ccc3[nH]ccc3c2)C1. The highest BCUT2D eigenvalue weighted by Crippen LogP contribution is 2.31. The summed E-state index contributed by atoms with van der Waals surface area (Å²) in [4.78, 5) is 26.0. The molecule has 1 atom stereocenters. The second-order valence-corrected chi connectivity index (χ2v) is 6.65. The molecule has 7 heteroatoms. The molecule has 1 aromatic carbocycles. The number of carboxylic acids is 1. The molecule has 2 aliphatic rings. The number of cyclic esters (lactones) is 1. The van der Waals surface area contributed by atoms with Crippen LogP contribution in [0, 0.1) is 0 Å². The van der Waals surface area contributed by atoms with Gasteiger partial charge in [0.1, 0.15) is 6.61 Å². The molecule has 25 heavy (non-hydrogen) atoms. The largest absolute Gasteiger partial charge is 0.481 e. The molecule has 4 rings (SSSR count). The summed E-state index contributed by atoms with van der Waals surface area (Å²) >= 11 is 0. The Morgan fingerprint density at radius 3 is 2.80 bits per heavy atom. The first-order valence-electron chi connectivity index (χ1n) is 8.40. The second kappa shape index (κ2) is 7.14. The van der Waals surface area contributed by atoms with Crippen molar-refractivity contribution in [3.63, 3.8) is 0 Å². The summed E-state index contributed by atoms with van der Waals surface area (Å²) in [7, 11) is 0. The maximum absolute atomic E-state index is 11.9. The number of ether oxygens (including phenoxy) is 1. The van der Waals surface area contributed by atoms with Gasteiger partial charge >= 0.3 is 6.09 Å². The van der Waals surface area contributed by atoms with Gasteiger partial charge in [-0.15, -0.1) is 0 Å². The number of hydrogen-bond donors (Lipinski definition) is 3. The smallest absolute Gasteiger partial charge is 0.410 e. The van der Waals surface area contributed by atoms with Gasteiger partial charge in [0, 0.05) is 30.7 Å². The number of carbonyl (C=O) groups excluding carboxylic acids is 1. The second-order valence-electron chi connectivity index (χ2n) is 6.65. The number of aromatic amines is 1. The normalized spacial score (nSPS) is 25.1. The van der Waals surface area contributed by atoms with E-state index in [0.717, 1.165) is 31.7 Å². The molecule has 1 amide bonds. The summed E-state index contributed by atoms with van der Waals surface area (Å²) in [5, 5.41) is 8.62. The molecule has 1 saturated carbocycles. The highest BCUT2D eigenvalue weighted by atomic mass is 16.6. The van der Waals surface area contributed by atoms with Gasteiger partial charge < -0.3 is 20.6 Å². The minimum absolute atomic E-state index is 0.131. The van der Waals surface area contributed by atoms with Crippen molar-refractivity contribution >= 4 is 23.0 Å². The van der Waals surface area contributed by atoms with Crippen LogP contribution in [0.4, 0.5) is 4.79 Å². The predicted octanol–water partition coefficient (Wildman–Crippen LogP) is 2.11. The highest BCUT2D eigenvalue weighted by Gasteiger charge is 2.42. The fraction of sp³-hybridized carbons (Fsp3) is 0.444. The zero-order valence-electron chi connectivity index (χ0n) is 14.1. The van der Waals surface area contributed by atoms with Crippen LogP contribution < -0.4 is 5.73 Å². The molecule has 134 valence electrons. The number of carboxylic acid groups (broad SMARTS) is 1. The van der Waals surface area contributed by atoms with Crippen molar-refractivity contribution in [2.24, 2.45) is 5.73 Å². The molecule has 2 heterocycles. The van der Waals surface area contributed by atoms with Crippen LogP contribution in [0.2, 0.25) is 0 Å². The number of nitrogens with zero attached hydrogens (tertiary/aromatic N) is 1. The highest BCUT2D eigenvalue weighted by molar-refractivity contribution is 5.80. The van der Waals surface area contributed by atoms with Gasteiger partial charge in [-0.2, -0.15) is 0 Å². The Labute approximate surface area is 145 Å². The molecule has 7 nitrogen and oxygen atoms in total. The lowest BCUT2D eigenvalue weighted by atomic mass is 9.85. The predicted molar refractivity (Wildman–Crippen MR) is 93.3 cm³/mol. The molecular formula is C18H23N3O4. The summed E-state index contributed by atoms with van der Waals surface area (Å²) in [5.41, 5.74) is 8.22. The quantitative estimate of drug-likeness (QED) is 0.789. The van der Waals surface area contributed by atoms with E-state index in [0.29, 0.717) is 6.61 Å². The first-order valence-corrected chi connectivity index (χ1v) is 8.40. The molecule has 1 saturated heterocycles. The summed E-state index contributed by atoms with van der Waals surface area (Å²) < 4.78 is 5.25. The third-order valence-electron chi connectivity index (χ3n) is 4.64. The van der Waals surface area contributed by atoms with E-state index in [4.69, 9.17) is 20.4 Å². The number of aromatic nitrogens is 1. The van der Waals surface area contributed by atoms with Gasteiger partial charge in [0.15, 0.2) is 0 Å². The summed E-state index contributed by atoms with van der Waals surface area (Å²) in [6.07, 6.45) is 4.38. The topological polar surface area (TPSA) is 109 Å². The molecule has 2 aromatic rings. The summed E-state index contributed by atoms with van der Waals surface area (Å²) in [5.74, 6) is -0.833. The monoisotopic (exact) mass is 345 g/mol. The molecule has 1 aliphatic heterocycles. The number of hydrogen-bond acceptors (Lipinski definition) is 4. The van der Waals surface area contributed by atoms with Crippen molar-refractivity contribution < 1.29 is 19.4 Å². The van der Waals surface area contributed by atoms with Gasteiger partial charge in [0.2, 0.25) is 0 Å². The third-order valence-corrected chi connectivity index (χ3v) is 4.64. The first kappa shape index (κ1) is 17.3. The number of nitrogens with two attached hydrogens (primary N) is 1. The molecule has 1 aliphatic carbocycles. The van der Waals surface area contributed by atoms with Gasteiger partial charge in [-0.3, -0.25) is 9.69 Å². The zero-order valence-corrected chi connectivity index (χ0v) is 14.1. The molecule has 0 bridgehead atoms. The minimum Gasteiger partial charge on any atom is -0.481 e. The first-order chi connectivity index (χ1) is 11.9. The van der Waals surface area contributed by atoms with Crippen molar-refractivity contribution in [2.75, 3.05) is 6.61 Å². The molecule has 0 spiro atoms. The van der Waals surface area contributed by atoms with E-state index in [2.05, 4.69) is 29.2 Å². The van der Waals surface area contributed by atoms with Crippen LogP contribution in [0.25, 0.3) is 10.9 Å². The molecule has 1 aromatic heterocycles. The Morgan fingerprint density at radius 2 is 2.12 bits per heavy atom. The van der Waals surface area contributed by atoms with Crippen LogP contribution in [0.5, 0.6) is 0 Å². The van der Waals surface area contributed by atoms with Gasteiger partial charge in [-0.05, 0) is 48.4 Å². The van der Waals surface area contributed by atoms with Crippen molar-refractivity contribution in [3.05, 3.63) is 36.0 Å². The Kier molecular flexibility index (Phi) is 4.94. The Hall–Kier alpha value is -2.54. The van der Waals surface area contributed by atoms with E-state index in [9.17, 15) is 4.79 Å². The van der Waals surface area contributed by atoms with Crippen molar-refractivity contribution in [3.8, 4) is 0 Å². The summed E-state index contributed by atoms with van der Waals surface area (Å²) in [6, 6.07) is 9.08. The molecule has 2 fully saturated rings. The molecular weight excluding hydrogens is 322 g/mol. The van der Waals surface area contributed by atoms with E-state index < -0.39 is 5.97 Å².